The number of rotatable bonds is 3. The molecule has 2 aromatic carbocycles. The van der Waals surface area contributed by atoms with Crippen LogP contribution in [0.1, 0.15) is 44.1 Å². The van der Waals surface area contributed by atoms with Crippen molar-refractivity contribution < 1.29 is 4.39 Å². The summed E-state index contributed by atoms with van der Waals surface area (Å²) in [6, 6.07) is 13.2. The molecule has 1 aliphatic rings. The fourth-order valence-electron chi connectivity index (χ4n) is 3.36. The fourth-order valence-corrected chi connectivity index (χ4v) is 3.36. The number of nitrogens with zero attached hydrogens (tertiary/aromatic N) is 1. The summed E-state index contributed by atoms with van der Waals surface area (Å²) in [5.74, 6) is 1.21. The number of hydrogen-bond donors (Lipinski definition) is 0. The fraction of sp³-hybridized carbons (Fsp3) is 0.350. The Morgan fingerprint density at radius 3 is 2.27 bits per heavy atom. The molecule has 0 bridgehead atoms. The maximum Gasteiger partial charge on any atom is 0.131 e. The van der Waals surface area contributed by atoms with E-state index in [2.05, 4.69) is 24.7 Å². The summed E-state index contributed by atoms with van der Waals surface area (Å²) in [7, 11) is 0. The highest BCUT2D eigenvalue weighted by Crippen LogP contribution is 2.37. The lowest BCUT2D eigenvalue weighted by atomic mass is 9.79. The van der Waals surface area contributed by atoms with Crippen LogP contribution in [0.4, 0.5) is 10.1 Å². The summed E-state index contributed by atoms with van der Waals surface area (Å²) in [6.07, 6.45) is 4.87. The lowest BCUT2D eigenvalue weighted by Crippen LogP contribution is -2.11. The zero-order valence-corrected chi connectivity index (χ0v) is 13.1. The van der Waals surface area contributed by atoms with Gasteiger partial charge in [0.05, 0.1) is 5.69 Å². The van der Waals surface area contributed by atoms with Crippen molar-refractivity contribution in [2.45, 2.75) is 38.5 Å². The summed E-state index contributed by atoms with van der Waals surface area (Å²) in [5, 5.41) is 0. The molecular formula is C20H22FN. The maximum absolute atomic E-state index is 14.5. The average Bonchev–Trinajstić information content (AvgIpc) is 2.56. The smallest absolute Gasteiger partial charge is 0.131 e. The van der Waals surface area contributed by atoms with Gasteiger partial charge in [-0.05, 0) is 60.7 Å². The zero-order chi connectivity index (χ0) is 15.5. The van der Waals surface area contributed by atoms with Gasteiger partial charge >= 0.3 is 0 Å². The molecule has 0 atom stereocenters. The highest BCUT2D eigenvalue weighted by atomic mass is 19.1. The monoisotopic (exact) mass is 295 g/mol. The number of benzene rings is 2. The van der Waals surface area contributed by atoms with Crippen LogP contribution >= 0.6 is 0 Å². The predicted molar refractivity (Wildman–Crippen MR) is 91.4 cm³/mol. The standard InChI is InChI=1S/C20H22FN/c1-14-3-5-15(6-4-14)17-9-12-19(20(21)13-17)16-7-10-18(22-2)11-8-16/h7-15H,2-6H2,1H3. The molecule has 1 fully saturated rings. The van der Waals surface area contributed by atoms with E-state index in [-0.39, 0.29) is 5.82 Å². The Morgan fingerprint density at radius 1 is 1.00 bits per heavy atom. The van der Waals surface area contributed by atoms with Crippen molar-refractivity contribution in [3.05, 3.63) is 53.8 Å². The van der Waals surface area contributed by atoms with Crippen LogP contribution in [0.3, 0.4) is 0 Å². The Labute approximate surface area is 131 Å². The third-order valence-electron chi connectivity index (χ3n) is 4.84. The molecule has 0 heterocycles. The Morgan fingerprint density at radius 2 is 1.68 bits per heavy atom. The SMILES string of the molecule is C=Nc1ccc(-c2ccc(C3CCC(C)CC3)cc2F)cc1. The Balaban J connectivity index is 1.83. The first-order valence-electron chi connectivity index (χ1n) is 8.04. The van der Waals surface area contributed by atoms with Crippen LogP contribution in [0.5, 0.6) is 0 Å². The molecule has 1 saturated carbocycles. The first-order valence-corrected chi connectivity index (χ1v) is 8.04. The molecule has 2 heteroatoms. The molecule has 0 amide bonds. The van der Waals surface area contributed by atoms with Crippen LogP contribution in [0.2, 0.25) is 0 Å². The van der Waals surface area contributed by atoms with Crippen molar-refractivity contribution in [1.29, 1.82) is 0 Å². The van der Waals surface area contributed by atoms with Crippen molar-refractivity contribution >= 4 is 12.4 Å². The van der Waals surface area contributed by atoms with E-state index >= 15 is 0 Å². The summed E-state index contributed by atoms with van der Waals surface area (Å²) < 4.78 is 14.5. The topological polar surface area (TPSA) is 12.4 Å². The van der Waals surface area contributed by atoms with Crippen LogP contribution in [-0.4, -0.2) is 6.72 Å². The van der Waals surface area contributed by atoms with E-state index in [1.54, 1.807) is 6.07 Å². The number of hydrogen-bond acceptors (Lipinski definition) is 1. The Hall–Kier alpha value is -1.96. The molecule has 2 aromatic rings. The van der Waals surface area contributed by atoms with Gasteiger partial charge in [0.1, 0.15) is 5.82 Å². The first-order chi connectivity index (χ1) is 10.7. The molecule has 0 unspecified atom stereocenters. The van der Waals surface area contributed by atoms with Crippen molar-refractivity contribution in [1.82, 2.24) is 0 Å². The molecule has 0 aliphatic heterocycles. The second kappa shape index (κ2) is 6.43. The molecule has 1 nitrogen and oxygen atoms in total. The van der Waals surface area contributed by atoms with Gasteiger partial charge in [0.25, 0.3) is 0 Å². The van der Waals surface area contributed by atoms with Gasteiger partial charge in [-0.25, -0.2) is 4.39 Å². The molecule has 114 valence electrons. The number of aliphatic imine (C=N–C) groups is 1. The van der Waals surface area contributed by atoms with Crippen molar-refractivity contribution in [2.75, 3.05) is 0 Å². The van der Waals surface area contributed by atoms with Crippen molar-refractivity contribution in [3.8, 4) is 11.1 Å². The van der Waals surface area contributed by atoms with Crippen LogP contribution < -0.4 is 0 Å². The molecule has 1 aliphatic carbocycles. The van der Waals surface area contributed by atoms with Gasteiger partial charge in [-0.1, -0.05) is 44.0 Å². The normalized spacial score (nSPS) is 21.5. The van der Waals surface area contributed by atoms with E-state index in [0.29, 0.717) is 11.5 Å². The Bertz CT molecular complexity index is 652. The van der Waals surface area contributed by atoms with E-state index < -0.39 is 0 Å². The van der Waals surface area contributed by atoms with Gasteiger partial charge in [-0.3, -0.25) is 4.99 Å². The lowest BCUT2D eigenvalue weighted by Gasteiger charge is -2.26. The molecule has 3 rings (SSSR count). The molecule has 0 radical (unpaired) electrons. The minimum atomic E-state index is -0.129. The third kappa shape index (κ3) is 3.11. The van der Waals surface area contributed by atoms with Gasteiger partial charge in [0, 0.05) is 5.56 Å². The molecule has 22 heavy (non-hydrogen) atoms. The van der Waals surface area contributed by atoms with Gasteiger partial charge < -0.3 is 0 Å². The minimum absolute atomic E-state index is 0.129. The Kier molecular flexibility index (Phi) is 4.37. The van der Waals surface area contributed by atoms with E-state index in [9.17, 15) is 4.39 Å². The minimum Gasteiger partial charge on any atom is -0.265 e. The van der Waals surface area contributed by atoms with Crippen molar-refractivity contribution in [2.24, 2.45) is 10.9 Å². The van der Waals surface area contributed by atoms with Crippen LogP contribution in [0.25, 0.3) is 11.1 Å². The number of halogens is 1. The summed E-state index contributed by atoms with van der Waals surface area (Å²) in [6.45, 7) is 5.80. The largest absolute Gasteiger partial charge is 0.265 e. The van der Waals surface area contributed by atoms with Gasteiger partial charge in [0.15, 0.2) is 0 Å². The summed E-state index contributed by atoms with van der Waals surface area (Å²) in [4.78, 5) is 3.87. The maximum atomic E-state index is 14.5. The quantitative estimate of drug-likeness (QED) is 0.605. The zero-order valence-electron chi connectivity index (χ0n) is 13.1. The second-order valence-corrected chi connectivity index (χ2v) is 6.40. The van der Waals surface area contributed by atoms with Crippen LogP contribution in [0, 0.1) is 11.7 Å². The highest BCUT2D eigenvalue weighted by Gasteiger charge is 2.20. The van der Waals surface area contributed by atoms with Gasteiger partial charge in [0.2, 0.25) is 0 Å². The molecule has 0 aromatic heterocycles. The summed E-state index contributed by atoms with van der Waals surface area (Å²) >= 11 is 0. The molecule has 0 spiro atoms. The molecule has 0 saturated heterocycles. The van der Waals surface area contributed by atoms with Gasteiger partial charge in [-0.2, -0.15) is 0 Å². The summed E-state index contributed by atoms with van der Waals surface area (Å²) in [5.41, 5.74) is 3.49. The average molecular weight is 295 g/mol. The third-order valence-corrected chi connectivity index (χ3v) is 4.84. The van der Waals surface area contributed by atoms with E-state index in [1.807, 2.05) is 30.3 Å². The van der Waals surface area contributed by atoms with Gasteiger partial charge in [-0.15, -0.1) is 0 Å². The molecular weight excluding hydrogens is 273 g/mol. The van der Waals surface area contributed by atoms with E-state index in [4.69, 9.17) is 0 Å². The van der Waals surface area contributed by atoms with Crippen LogP contribution in [0.15, 0.2) is 47.5 Å². The second-order valence-electron chi connectivity index (χ2n) is 6.40. The predicted octanol–water partition coefficient (Wildman–Crippen LogP) is 6.12. The lowest BCUT2D eigenvalue weighted by molar-refractivity contribution is 0.347. The molecule has 0 N–H and O–H groups in total. The van der Waals surface area contributed by atoms with Crippen LogP contribution in [-0.2, 0) is 0 Å². The van der Waals surface area contributed by atoms with E-state index in [1.165, 1.54) is 25.7 Å². The van der Waals surface area contributed by atoms with E-state index in [0.717, 1.165) is 22.7 Å². The van der Waals surface area contributed by atoms with Crippen molar-refractivity contribution in [3.63, 3.8) is 0 Å². The first kappa shape index (κ1) is 15.0. The highest BCUT2D eigenvalue weighted by molar-refractivity contribution is 5.66.